The van der Waals surface area contributed by atoms with Crippen LogP contribution in [-0.4, -0.2) is 31.6 Å². The van der Waals surface area contributed by atoms with E-state index >= 15 is 0 Å². The van der Waals surface area contributed by atoms with Crippen LogP contribution < -0.4 is 19.1 Å². The molecule has 3 rings (SSSR count). The van der Waals surface area contributed by atoms with Crippen molar-refractivity contribution in [3.05, 3.63) is 52.4 Å². The normalized spacial score (nSPS) is 15.4. The monoisotopic (exact) mass is 429 g/mol. The van der Waals surface area contributed by atoms with E-state index in [9.17, 15) is 4.79 Å². The number of benzene rings is 2. The van der Waals surface area contributed by atoms with Crippen molar-refractivity contribution in [3.8, 4) is 17.2 Å². The lowest BCUT2D eigenvalue weighted by Gasteiger charge is -2.15. The van der Waals surface area contributed by atoms with E-state index in [1.54, 1.807) is 44.4 Å². The molecule has 0 aromatic heterocycles. The van der Waals surface area contributed by atoms with Crippen LogP contribution in [0.15, 0.2) is 41.3 Å². The van der Waals surface area contributed by atoms with E-state index in [-0.39, 0.29) is 5.91 Å². The van der Waals surface area contributed by atoms with Gasteiger partial charge in [0.15, 0.2) is 15.8 Å². The first-order chi connectivity index (χ1) is 13.9. The molecule has 0 saturated carbocycles. The van der Waals surface area contributed by atoms with Crippen molar-refractivity contribution in [3.63, 3.8) is 0 Å². The summed E-state index contributed by atoms with van der Waals surface area (Å²) in [5.74, 6) is 1.84. The third-order valence-corrected chi connectivity index (χ3v) is 5.90. The number of thioether (sulfide) groups is 1. The minimum atomic E-state index is -0.147. The zero-order valence-electron chi connectivity index (χ0n) is 17.0. The van der Waals surface area contributed by atoms with Gasteiger partial charge in [-0.1, -0.05) is 50.0 Å². The van der Waals surface area contributed by atoms with Gasteiger partial charge in [0.05, 0.1) is 31.9 Å². The predicted octanol–water partition coefficient (Wildman–Crippen LogP) is 5.24. The smallest absolute Gasteiger partial charge is 0.270 e. The molecule has 2 aromatic rings. The summed E-state index contributed by atoms with van der Waals surface area (Å²) in [5, 5.41) is 0. The Labute approximate surface area is 180 Å². The van der Waals surface area contributed by atoms with Crippen molar-refractivity contribution in [1.29, 1.82) is 0 Å². The van der Waals surface area contributed by atoms with Gasteiger partial charge in [0, 0.05) is 0 Å². The van der Waals surface area contributed by atoms with E-state index in [0.717, 1.165) is 11.3 Å². The zero-order chi connectivity index (χ0) is 21.1. The molecule has 0 radical (unpaired) electrons. The molecule has 0 aliphatic carbocycles. The molecule has 1 fully saturated rings. The summed E-state index contributed by atoms with van der Waals surface area (Å²) in [6.45, 7) is 4.27. The second-order valence-electron chi connectivity index (χ2n) is 6.72. The van der Waals surface area contributed by atoms with E-state index in [4.69, 9.17) is 26.4 Å². The Bertz CT molecular complexity index is 942. The predicted molar refractivity (Wildman–Crippen MR) is 122 cm³/mol. The standard InChI is InChI=1S/C22H23NO4S2/c1-13(2)15-6-8-16(9-7-15)23-21(24)19(29-22(23)28)12-14-10-17(25-3)20(27-5)18(11-14)26-4/h6-13H,1-5H3/b19-12-. The number of anilines is 1. The van der Waals surface area contributed by atoms with Gasteiger partial charge in [0.1, 0.15) is 0 Å². The minimum Gasteiger partial charge on any atom is -0.493 e. The Hall–Kier alpha value is -2.51. The topological polar surface area (TPSA) is 48.0 Å². The molecule has 2 aromatic carbocycles. The van der Waals surface area contributed by atoms with Gasteiger partial charge in [-0.25, -0.2) is 0 Å². The van der Waals surface area contributed by atoms with E-state index in [0.29, 0.717) is 32.4 Å². The Kier molecular flexibility index (Phi) is 6.49. The first-order valence-electron chi connectivity index (χ1n) is 9.07. The minimum absolute atomic E-state index is 0.147. The first kappa shape index (κ1) is 21.2. The van der Waals surface area contributed by atoms with Crippen molar-refractivity contribution in [2.24, 2.45) is 0 Å². The summed E-state index contributed by atoms with van der Waals surface area (Å²) < 4.78 is 16.6. The molecular formula is C22H23NO4S2. The molecule has 1 heterocycles. The Morgan fingerprint density at radius 3 is 2.07 bits per heavy atom. The number of nitrogens with zero attached hydrogens (tertiary/aromatic N) is 1. The Morgan fingerprint density at radius 1 is 1.00 bits per heavy atom. The number of rotatable bonds is 6. The molecule has 0 N–H and O–H groups in total. The average Bonchev–Trinajstić information content (AvgIpc) is 3.00. The quantitative estimate of drug-likeness (QED) is 0.462. The summed E-state index contributed by atoms with van der Waals surface area (Å²) in [4.78, 5) is 15.1. The van der Waals surface area contributed by atoms with E-state index in [1.807, 2.05) is 24.3 Å². The SMILES string of the molecule is COc1cc(/C=C2\SC(=S)N(c3ccc(C(C)C)cc3)C2=O)cc(OC)c1OC. The summed E-state index contributed by atoms with van der Waals surface area (Å²) in [7, 11) is 4.67. The number of carbonyl (C=O) groups excluding carboxylic acids is 1. The molecule has 5 nitrogen and oxygen atoms in total. The number of amides is 1. The number of hydrogen-bond acceptors (Lipinski definition) is 6. The maximum atomic E-state index is 13.0. The van der Waals surface area contributed by atoms with Crippen LogP contribution in [0.3, 0.4) is 0 Å². The number of thiocarbonyl (C=S) groups is 1. The van der Waals surface area contributed by atoms with Crippen LogP contribution in [0.5, 0.6) is 17.2 Å². The highest BCUT2D eigenvalue weighted by Crippen LogP contribution is 2.41. The summed E-state index contributed by atoms with van der Waals surface area (Å²) in [5.41, 5.74) is 2.74. The van der Waals surface area contributed by atoms with Crippen LogP contribution in [0.25, 0.3) is 6.08 Å². The van der Waals surface area contributed by atoms with E-state index in [2.05, 4.69) is 13.8 Å². The fourth-order valence-electron chi connectivity index (χ4n) is 3.03. The van der Waals surface area contributed by atoms with Crippen LogP contribution >= 0.6 is 24.0 Å². The number of hydrogen-bond donors (Lipinski definition) is 0. The highest BCUT2D eigenvalue weighted by Gasteiger charge is 2.33. The maximum Gasteiger partial charge on any atom is 0.270 e. The largest absolute Gasteiger partial charge is 0.493 e. The van der Waals surface area contributed by atoms with Gasteiger partial charge in [-0.05, 0) is 47.4 Å². The van der Waals surface area contributed by atoms with Crippen LogP contribution in [0, 0.1) is 0 Å². The van der Waals surface area contributed by atoms with Gasteiger partial charge in [0.25, 0.3) is 5.91 Å². The van der Waals surface area contributed by atoms with Gasteiger partial charge in [0.2, 0.25) is 5.75 Å². The first-order valence-corrected chi connectivity index (χ1v) is 10.3. The molecule has 0 spiro atoms. The second-order valence-corrected chi connectivity index (χ2v) is 8.40. The Balaban J connectivity index is 1.94. The van der Waals surface area contributed by atoms with Gasteiger partial charge in [-0.15, -0.1) is 0 Å². The van der Waals surface area contributed by atoms with Crippen molar-refractivity contribution in [1.82, 2.24) is 0 Å². The van der Waals surface area contributed by atoms with Crippen molar-refractivity contribution < 1.29 is 19.0 Å². The molecule has 0 unspecified atom stereocenters. The molecule has 0 bridgehead atoms. The zero-order valence-corrected chi connectivity index (χ0v) is 18.6. The lowest BCUT2D eigenvalue weighted by molar-refractivity contribution is -0.113. The fraction of sp³-hybridized carbons (Fsp3) is 0.273. The lowest BCUT2D eigenvalue weighted by Crippen LogP contribution is -2.27. The highest BCUT2D eigenvalue weighted by atomic mass is 32.2. The average molecular weight is 430 g/mol. The molecule has 29 heavy (non-hydrogen) atoms. The van der Waals surface area contributed by atoms with Gasteiger partial charge >= 0.3 is 0 Å². The van der Waals surface area contributed by atoms with Crippen molar-refractivity contribution >= 4 is 46.0 Å². The van der Waals surface area contributed by atoms with Crippen LogP contribution in [0.1, 0.15) is 30.9 Å². The van der Waals surface area contributed by atoms with Gasteiger partial charge in [-0.2, -0.15) is 0 Å². The summed E-state index contributed by atoms with van der Waals surface area (Å²) in [6, 6.07) is 11.5. The van der Waals surface area contributed by atoms with Crippen LogP contribution in [0.2, 0.25) is 0 Å². The number of carbonyl (C=O) groups is 1. The molecule has 1 saturated heterocycles. The summed E-state index contributed by atoms with van der Waals surface area (Å²) in [6.07, 6.45) is 1.78. The molecule has 7 heteroatoms. The second kappa shape index (κ2) is 8.88. The number of ether oxygens (including phenoxy) is 3. The Morgan fingerprint density at radius 2 is 1.59 bits per heavy atom. The molecule has 152 valence electrons. The van der Waals surface area contributed by atoms with Crippen LogP contribution in [0.4, 0.5) is 5.69 Å². The van der Waals surface area contributed by atoms with E-state index in [1.165, 1.54) is 17.3 Å². The van der Waals surface area contributed by atoms with Crippen molar-refractivity contribution in [2.75, 3.05) is 26.2 Å². The third-order valence-electron chi connectivity index (χ3n) is 4.60. The number of methoxy groups -OCH3 is 3. The maximum absolute atomic E-state index is 13.0. The lowest BCUT2D eigenvalue weighted by atomic mass is 10.0. The molecule has 1 amide bonds. The molecule has 1 aliphatic heterocycles. The van der Waals surface area contributed by atoms with Crippen molar-refractivity contribution in [2.45, 2.75) is 19.8 Å². The van der Waals surface area contributed by atoms with Gasteiger partial charge in [-0.3, -0.25) is 9.69 Å². The molecule has 0 atom stereocenters. The molecule has 1 aliphatic rings. The third kappa shape index (κ3) is 4.26. The fourth-order valence-corrected chi connectivity index (χ4v) is 4.33. The summed E-state index contributed by atoms with van der Waals surface area (Å²) >= 11 is 6.75. The molecular weight excluding hydrogens is 406 g/mol. The highest BCUT2D eigenvalue weighted by molar-refractivity contribution is 8.27. The van der Waals surface area contributed by atoms with Crippen LogP contribution in [-0.2, 0) is 4.79 Å². The van der Waals surface area contributed by atoms with Gasteiger partial charge < -0.3 is 14.2 Å². The van der Waals surface area contributed by atoms with E-state index < -0.39 is 0 Å².